The summed E-state index contributed by atoms with van der Waals surface area (Å²) in [6.07, 6.45) is 2.01. The summed E-state index contributed by atoms with van der Waals surface area (Å²) in [5.74, 6) is -0.913. The smallest absolute Gasteiger partial charge is 0.266 e. The molecule has 8 heteroatoms. The van der Waals surface area contributed by atoms with Gasteiger partial charge in [-0.05, 0) is 25.1 Å². The van der Waals surface area contributed by atoms with Gasteiger partial charge in [0.2, 0.25) is 5.56 Å². The summed E-state index contributed by atoms with van der Waals surface area (Å²) in [4.78, 5) is 20.4. The Morgan fingerprint density at radius 3 is 2.58 bits per heavy atom. The zero-order valence-corrected chi connectivity index (χ0v) is 16.8. The minimum absolute atomic E-state index is 0.129. The fourth-order valence-electron chi connectivity index (χ4n) is 3.46. The summed E-state index contributed by atoms with van der Waals surface area (Å²) in [6.45, 7) is 1.70. The van der Waals surface area contributed by atoms with Crippen molar-refractivity contribution in [3.63, 3.8) is 0 Å². The average molecular weight is 424 g/mol. The quantitative estimate of drug-likeness (QED) is 0.476. The molecular weight excluding hydrogens is 405 g/mol. The Labute approximate surface area is 176 Å². The van der Waals surface area contributed by atoms with Crippen molar-refractivity contribution >= 4 is 16.6 Å². The van der Waals surface area contributed by atoms with E-state index in [0.717, 1.165) is 17.0 Å². The van der Waals surface area contributed by atoms with Crippen LogP contribution in [0.1, 0.15) is 30.5 Å². The van der Waals surface area contributed by atoms with E-state index in [2.05, 4.69) is 15.3 Å². The average Bonchev–Trinajstić information content (AvgIpc) is 2.75. The molecule has 5 nitrogen and oxygen atoms in total. The molecule has 0 spiro atoms. The molecule has 0 saturated heterocycles. The van der Waals surface area contributed by atoms with Gasteiger partial charge in [-0.25, -0.2) is 13.2 Å². The molecular formula is C23H19F3N4O. The highest BCUT2D eigenvalue weighted by molar-refractivity contribution is 5.93. The van der Waals surface area contributed by atoms with Gasteiger partial charge in [0, 0.05) is 47.7 Å². The van der Waals surface area contributed by atoms with Gasteiger partial charge in [-0.1, -0.05) is 18.2 Å². The van der Waals surface area contributed by atoms with Crippen molar-refractivity contribution in [2.45, 2.75) is 19.4 Å². The molecule has 0 aliphatic rings. The number of hydrogen-bond acceptors (Lipinski definition) is 4. The number of pyridine rings is 3. The number of alkyl halides is 2. The van der Waals surface area contributed by atoms with E-state index in [-0.39, 0.29) is 11.1 Å². The number of hydrogen-bond donors (Lipinski definition) is 1. The van der Waals surface area contributed by atoms with Gasteiger partial charge in [-0.3, -0.25) is 14.8 Å². The molecule has 0 unspecified atom stereocenters. The molecule has 3 aromatic heterocycles. The van der Waals surface area contributed by atoms with Crippen molar-refractivity contribution in [3.8, 4) is 11.3 Å². The molecule has 1 aromatic carbocycles. The lowest BCUT2D eigenvalue weighted by molar-refractivity contribution is 0.146. The first-order chi connectivity index (χ1) is 14.8. The van der Waals surface area contributed by atoms with Gasteiger partial charge < -0.3 is 9.88 Å². The van der Waals surface area contributed by atoms with Crippen molar-refractivity contribution in [2.24, 2.45) is 7.05 Å². The largest absolute Gasteiger partial charge is 0.378 e. The molecule has 4 aromatic rings. The van der Waals surface area contributed by atoms with Crippen LogP contribution in [0.3, 0.4) is 0 Å². The van der Waals surface area contributed by atoms with Gasteiger partial charge in [0.25, 0.3) is 6.43 Å². The van der Waals surface area contributed by atoms with Crippen molar-refractivity contribution < 1.29 is 13.2 Å². The molecule has 158 valence electrons. The van der Waals surface area contributed by atoms with Crippen LogP contribution in [0.15, 0.2) is 65.8 Å². The normalized spacial score (nSPS) is 12.3. The predicted molar refractivity (Wildman–Crippen MR) is 114 cm³/mol. The fraction of sp³-hybridized carbons (Fsp3) is 0.174. The number of benzene rings is 1. The Morgan fingerprint density at radius 2 is 1.84 bits per heavy atom. The zero-order valence-electron chi connectivity index (χ0n) is 16.8. The summed E-state index contributed by atoms with van der Waals surface area (Å²) in [7, 11) is 1.66. The molecule has 31 heavy (non-hydrogen) atoms. The Hall–Kier alpha value is -3.68. The lowest BCUT2D eigenvalue weighted by Crippen LogP contribution is -2.14. The molecule has 0 saturated carbocycles. The van der Waals surface area contributed by atoms with Crippen LogP contribution in [0.2, 0.25) is 0 Å². The van der Waals surface area contributed by atoms with E-state index in [1.54, 1.807) is 44.7 Å². The van der Waals surface area contributed by atoms with Crippen LogP contribution in [0, 0.1) is 5.82 Å². The van der Waals surface area contributed by atoms with Crippen LogP contribution >= 0.6 is 0 Å². The molecule has 0 aliphatic carbocycles. The lowest BCUT2D eigenvalue weighted by atomic mass is 10.0. The van der Waals surface area contributed by atoms with E-state index < -0.39 is 23.8 Å². The number of aryl methyl sites for hydroxylation is 1. The lowest BCUT2D eigenvalue weighted by Gasteiger charge is -2.19. The highest BCUT2D eigenvalue weighted by Gasteiger charge is 2.20. The molecule has 1 N–H and O–H groups in total. The molecule has 0 bridgehead atoms. The maximum absolute atomic E-state index is 14.6. The van der Waals surface area contributed by atoms with Gasteiger partial charge in [0.05, 0.1) is 29.0 Å². The molecule has 0 amide bonds. The van der Waals surface area contributed by atoms with Gasteiger partial charge in [-0.15, -0.1) is 0 Å². The number of fused-ring (bicyclic) bond motifs is 1. The third kappa shape index (κ3) is 4.01. The second-order valence-electron chi connectivity index (χ2n) is 7.23. The van der Waals surface area contributed by atoms with E-state index in [1.165, 1.54) is 22.8 Å². The number of nitrogens with one attached hydrogen (secondary N) is 1. The molecule has 3 heterocycles. The molecule has 1 atom stereocenters. The van der Waals surface area contributed by atoms with E-state index in [0.29, 0.717) is 16.9 Å². The Bertz CT molecular complexity index is 1320. The van der Waals surface area contributed by atoms with Gasteiger partial charge in [-0.2, -0.15) is 0 Å². The zero-order chi connectivity index (χ0) is 22.1. The summed E-state index contributed by atoms with van der Waals surface area (Å²) in [5.41, 5.74) is 2.07. The van der Waals surface area contributed by atoms with Crippen LogP contribution in [0.4, 0.5) is 18.9 Å². The fourth-order valence-corrected chi connectivity index (χ4v) is 3.46. The maximum atomic E-state index is 14.6. The molecule has 4 rings (SSSR count). The van der Waals surface area contributed by atoms with E-state index >= 15 is 0 Å². The van der Waals surface area contributed by atoms with Gasteiger partial charge >= 0.3 is 0 Å². The number of anilines is 1. The van der Waals surface area contributed by atoms with Gasteiger partial charge in [0.15, 0.2) is 0 Å². The summed E-state index contributed by atoms with van der Waals surface area (Å²) in [6, 6.07) is 10.1. The van der Waals surface area contributed by atoms with Crippen molar-refractivity contribution in [3.05, 3.63) is 88.4 Å². The molecule has 0 radical (unpaired) electrons. The van der Waals surface area contributed by atoms with Crippen molar-refractivity contribution in [1.29, 1.82) is 0 Å². The maximum Gasteiger partial charge on any atom is 0.266 e. The van der Waals surface area contributed by atoms with E-state index in [4.69, 9.17) is 0 Å². The SMILES string of the molecule is C[C@@H](Nc1ccnc2cnc(-c3ccc(=O)n(C)c3)cc12)c1cccc(C(F)F)c1F. The second kappa shape index (κ2) is 8.22. The summed E-state index contributed by atoms with van der Waals surface area (Å²) >= 11 is 0. The number of aromatic nitrogens is 3. The van der Waals surface area contributed by atoms with Crippen LogP contribution in [0.25, 0.3) is 22.2 Å². The first-order valence-electron chi connectivity index (χ1n) is 9.60. The number of halogens is 3. The summed E-state index contributed by atoms with van der Waals surface area (Å²) < 4.78 is 42.2. The minimum Gasteiger partial charge on any atom is -0.378 e. The molecule has 0 aliphatic heterocycles. The van der Waals surface area contributed by atoms with Gasteiger partial charge in [0.1, 0.15) is 5.82 Å². The highest BCUT2D eigenvalue weighted by Crippen LogP contribution is 2.31. The van der Waals surface area contributed by atoms with E-state index in [1.807, 2.05) is 6.07 Å². The Kier molecular flexibility index (Phi) is 5.46. The standard InChI is InChI=1S/C23H19F3N4O/c1-13(15-4-3-5-16(22(15)24)23(25)26)29-18-8-9-27-20-11-28-19(10-17(18)20)14-6-7-21(31)30(2)12-14/h3-13,23H,1-2H3,(H,27,29)/t13-/m1/s1. The first kappa shape index (κ1) is 20.6. The monoisotopic (exact) mass is 424 g/mol. The third-order valence-corrected chi connectivity index (χ3v) is 5.14. The highest BCUT2D eigenvalue weighted by atomic mass is 19.3. The van der Waals surface area contributed by atoms with Crippen LogP contribution in [-0.4, -0.2) is 14.5 Å². The van der Waals surface area contributed by atoms with Crippen LogP contribution < -0.4 is 10.9 Å². The van der Waals surface area contributed by atoms with E-state index in [9.17, 15) is 18.0 Å². The first-order valence-corrected chi connectivity index (χ1v) is 9.60. The number of rotatable bonds is 5. The predicted octanol–water partition coefficient (Wildman–Crippen LogP) is 5.25. The van der Waals surface area contributed by atoms with Crippen molar-refractivity contribution in [1.82, 2.24) is 14.5 Å². The molecule has 0 fully saturated rings. The second-order valence-corrected chi connectivity index (χ2v) is 7.23. The topological polar surface area (TPSA) is 59.8 Å². The third-order valence-electron chi connectivity index (χ3n) is 5.14. The minimum atomic E-state index is -2.88. The van der Waals surface area contributed by atoms with Crippen molar-refractivity contribution in [2.75, 3.05) is 5.32 Å². The summed E-state index contributed by atoms with van der Waals surface area (Å²) in [5, 5.41) is 3.93. The number of nitrogens with zero attached hydrogens (tertiary/aromatic N) is 3. The van der Waals surface area contributed by atoms with Crippen LogP contribution in [-0.2, 0) is 7.05 Å². The Morgan fingerprint density at radius 1 is 1.06 bits per heavy atom. The van der Waals surface area contributed by atoms with Crippen LogP contribution in [0.5, 0.6) is 0 Å². The Balaban J connectivity index is 1.73.